The molecule has 9 heteroatoms. The predicted octanol–water partition coefficient (Wildman–Crippen LogP) is 4.85. The number of nitro benzene ring substituents is 1. The number of halogens is 1. The number of amides is 3. The number of hydrogen-bond acceptors (Lipinski definition) is 5. The Morgan fingerprint density at radius 1 is 1.03 bits per heavy atom. The summed E-state index contributed by atoms with van der Waals surface area (Å²) in [5.74, 6) is -1.25. The summed E-state index contributed by atoms with van der Waals surface area (Å²) in [4.78, 5) is 53.4. The van der Waals surface area contributed by atoms with Gasteiger partial charge in [-0.1, -0.05) is 47.7 Å². The minimum Gasteiger partial charge on any atom is -0.323 e. The molecular formula is C24H24BrN3O5. The highest BCUT2D eigenvalue weighted by Crippen LogP contribution is 2.32. The van der Waals surface area contributed by atoms with Crippen LogP contribution in [0.5, 0.6) is 0 Å². The monoisotopic (exact) mass is 513 g/mol. The van der Waals surface area contributed by atoms with Crippen LogP contribution in [0.4, 0.5) is 11.4 Å². The number of carbonyl (C=O) groups excluding carboxylic acids is 3. The van der Waals surface area contributed by atoms with Crippen LogP contribution >= 0.6 is 15.9 Å². The number of nitrogens with zero attached hydrogens (tertiary/aromatic N) is 3. The molecule has 2 aromatic rings. The van der Waals surface area contributed by atoms with Crippen LogP contribution in [-0.4, -0.2) is 39.6 Å². The molecule has 1 saturated carbocycles. The molecule has 1 aliphatic heterocycles. The Hall–Kier alpha value is -3.07. The fourth-order valence-electron chi connectivity index (χ4n) is 4.69. The van der Waals surface area contributed by atoms with Gasteiger partial charge in [0.25, 0.3) is 17.5 Å². The molecule has 0 N–H and O–H groups in total. The van der Waals surface area contributed by atoms with Crippen molar-refractivity contribution in [2.24, 2.45) is 0 Å². The van der Waals surface area contributed by atoms with E-state index >= 15 is 0 Å². The highest BCUT2D eigenvalue weighted by atomic mass is 79.9. The second-order valence-electron chi connectivity index (χ2n) is 8.43. The largest absolute Gasteiger partial charge is 0.323 e. The third-order valence-corrected chi connectivity index (χ3v) is 6.83. The van der Waals surface area contributed by atoms with Crippen LogP contribution in [0, 0.1) is 10.1 Å². The van der Waals surface area contributed by atoms with Gasteiger partial charge in [-0.3, -0.25) is 24.5 Å². The van der Waals surface area contributed by atoms with Gasteiger partial charge >= 0.3 is 0 Å². The maximum Gasteiger partial charge on any atom is 0.270 e. The number of rotatable bonds is 5. The molecule has 0 aromatic heterocycles. The van der Waals surface area contributed by atoms with E-state index in [1.807, 2.05) is 0 Å². The van der Waals surface area contributed by atoms with E-state index in [0.717, 1.165) is 47.9 Å². The Labute approximate surface area is 199 Å². The smallest absolute Gasteiger partial charge is 0.270 e. The summed E-state index contributed by atoms with van der Waals surface area (Å²) in [6.07, 6.45) is 5.32. The van der Waals surface area contributed by atoms with Crippen molar-refractivity contribution in [3.63, 3.8) is 0 Å². The van der Waals surface area contributed by atoms with Crippen LogP contribution in [-0.2, 0) is 9.59 Å². The van der Waals surface area contributed by atoms with Crippen molar-refractivity contribution in [2.45, 2.75) is 57.0 Å². The Morgan fingerprint density at radius 2 is 1.70 bits per heavy atom. The Bertz CT molecular complexity index is 1080. The topological polar surface area (TPSA) is 101 Å². The molecule has 1 saturated heterocycles. The average Bonchev–Trinajstić information content (AvgIpc) is 2.97. The molecule has 2 aromatic carbocycles. The Balaban J connectivity index is 1.70. The molecule has 0 spiro atoms. The van der Waals surface area contributed by atoms with Crippen LogP contribution in [0.2, 0.25) is 0 Å². The molecule has 1 heterocycles. The molecule has 0 bridgehead atoms. The quantitative estimate of drug-likeness (QED) is 0.246. The van der Waals surface area contributed by atoms with Gasteiger partial charge in [0, 0.05) is 28.2 Å². The van der Waals surface area contributed by atoms with Gasteiger partial charge in [0.2, 0.25) is 5.91 Å². The van der Waals surface area contributed by atoms with E-state index in [2.05, 4.69) is 15.9 Å². The van der Waals surface area contributed by atoms with Crippen LogP contribution in [0.1, 0.15) is 55.3 Å². The number of hydrogen-bond donors (Lipinski definition) is 0. The van der Waals surface area contributed by atoms with Crippen LogP contribution in [0.3, 0.4) is 0 Å². The summed E-state index contributed by atoms with van der Waals surface area (Å²) >= 11 is 3.35. The number of carbonyl (C=O) groups is 3. The summed E-state index contributed by atoms with van der Waals surface area (Å²) < 4.78 is 0.822. The van der Waals surface area contributed by atoms with E-state index in [-0.39, 0.29) is 29.6 Å². The van der Waals surface area contributed by atoms with Crippen molar-refractivity contribution in [2.75, 3.05) is 4.90 Å². The summed E-state index contributed by atoms with van der Waals surface area (Å²) in [5.41, 5.74) is 0.419. The number of benzene rings is 2. The van der Waals surface area contributed by atoms with E-state index in [9.17, 15) is 24.5 Å². The van der Waals surface area contributed by atoms with Gasteiger partial charge in [-0.25, -0.2) is 4.90 Å². The van der Waals surface area contributed by atoms with Gasteiger partial charge < -0.3 is 4.90 Å². The lowest BCUT2D eigenvalue weighted by molar-refractivity contribution is -0.384. The van der Waals surface area contributed by atoms with E-state index in [1.165, 1.54) is 29.2 Å². The van der Waals surface area contributed by atoms with Crippen molar-refractivity contribution in [1.82, 2.24) is 4.90 Å². The maximum atomic E-state index is 13.7. The second kappa shape index (κ2) is 9.82. The van der Waals surface area contributed by atoms with Crippen molar-refractivity contribution >= 4 is 45.0 Å². The zero-order valence-electron chi connectivity index (χ0n) is 18.0. The third-order valence-electron chi connectivity index (χ3n) is 6.30. The van der Waals surface area contributed by atoms with Gasteiger partial charge in [0.05, 0.1) is 17.0 Å². The number of nitro groups is 1. The molecule has 2 aliphatic rings. The highest BCUT2D eigenvalue weighted by molar-refractivity contribution is 9.10. The lowest BCUT2D eigenvalue weighted by atomic mass is 10.0. The number of imide groups is 1. The first-order valence-corrected chi connectivity index (χ1v) is 11.9. The fraction of sp³-hybridized carbons (Fsp3) is 0.375. The summed E-state index contributed by atoms with van der Waals surface area (Å²) in [6.45, 7) is 0. The minimum atomic E-state index is -0.934. The Morgan fingerprint density at radius 3 is 2.33 bits per heavy atom. The maximum absolute atomic E-state index is 13.7. The molecule has 1 unspecified atom stereocenters. The molecule has 33 heavy (non-hydrogen) atoms. The molecule has 3 amide bonds. The van der Waals surface area contributed by atoms with Gasteiger partial charge in [0.15, 0.2) is 0 Å². The lowest BCUT2D eigenvalue weighted by Gasteiger charge is -2.35. The van der Waals surface area contributed by atoms with Crippen LogP contribution in [0.15, 0.2) is 53.0 Å². The van der Waals surface area contributed by atoms with E-state index in [4.69, 9.17) is 0 Å². The minimum absolute atomic E-state index is 0.105. The number of non-ortho nitro benzene ring substituents is 1. The molecule has 0 radical (unpaired) electrons. The van der Waals surface area contributed by atoms with Gasteiger partial charge in [-0.05, 0) is 43.2 Å². The first kappa shape index (κ1) is 23.1. The van der Waals surface area contributed by atoms with Crippen molar-refractivity contribution < 1.29 is 19.3 Å². The number of anilines is 1. The predicted molar refractivity (Wildman–Crippen MR) is 126 cm³/mol. The zero-order valence-corrected chi connectivity index (χ0v) is 19.6. The van der Waals surface area contributed by atoms with Crippen molar-refractivity contribution in [3.05, 3.63) is 68.7 Å². The summed E-state index contributed by atoms with van der Waals surface area (Å²) in [6, 6.07) is 11.3. The molecule has 172 valence electrons. The van der Waals surface area contributed by atoms with Gasteiger partial charge in [-0.15, -0.1) is 0 Å². The van der Waals surface area contributed by atoms with Crippen LogP contribution in [0.25, 0.3) is 0 Å². The summed E-state index contributed by atoms with van der Waals surface area (Å²) in [7, 11) is 0. The first-order chi connectivity index (χ1) is 15.9. The van der Waals surface area contributed by atoms with Crippen LogP contribution < -0.4 is 4.90 Å². The molecule has 2 fully saturated rings. The Kier molecular flexibility index (Phi) is 6.88. The van der Waals surface area contributed by atoms with Crippen molar-refractivity contribution in [3.8, 4) is 0 Å². The molecular weight excluding hydrogens is 490 g/mol. The van der Waals surface area contributed by atoms with E-state index in [1.54, 1.807) is 24.3 Å². The second-order valence-corrected chi connectivity index (χ2v) is 9.34. The molecule has 8 nitrogen and oxygen atoms in total. The molecule has 1 aliphatic carbocycles. The standard InChI is InChI=1S/C24H24BrN3O5/c25-17-10-12-19(13-11-17)27-22(29)15-21(24(27)31)26(18-7-3-1-2-4-8-18)23(30)16-6-5-9-20(14-16)28(32)33/h5-6,9-14,18,21H,1-4,7-8,15H2. The van der Waals surface area contributed by atoms with Gasteiger partial charge in [0.1, 0.15) is 6.04 Å². The van der Waals surface area contributed by atoms with Gasteiger partial charge in [-0.2, -0.15) is 0 Å². The fourth-order valence-corrected chi connectivity index (χ4v) is 4.96. The summed E-state index contributed by atoms with van der Waals surface area (Å²) in [5, 5.41) is 11.2. The third kappa shape index (κ3) is 4.83. The lowest BCUT2D eigenvalue weighted by Crippen LogP contribution is -2.50. The normalized spacial score (nSPS) is 19.4. The van der Waals surface area contributed by atoms with Crippen molar-refractivity contribution in [1.29, 1.82) is 0 Å². The zero-order chi connectivity index (χ0) is 23.5. The highest BCUT2D eigenvalue weighted by Gasteiger charge is 2.46. The average molecular weight is 514 g/mol. The first-order valence-electron chi connectivity index (χ1n) is 11.1. The molecule has 4 rings (SSSR count). The van der Waals surface area contributed by atoms with E-state index < -0.39 is 22.8 Å². The van der Waals surface area contributed by atoms with E-state index in [0.29, 0.717) is 5.69 Å². The SMILES string of the molecule is O=C1CC(N(C(=O)c2cccc([N+](=O)[O-])c2)C2CCCCCC2)C(=O)N1c1ccc(Br)cc1. The molecule has 1 atom stereocenters.